The second-order valence-electron chi connectivity index (χ2n) is 5.23. The summed E-state index contributed by atoms with van der Waals surface area (Å²) in [6, 6.07) is 11.5. The molecule has 1 N–H and O–H groups in total. The predicted octanol–water partition coefficient (Wildman–Crippen LogP) is 3.23. The van der Waals surface area contributed by atoms with Crippen LogP contribution in [0.25, 0.3) is 0 Å². The van der Waals surface area contributed by atoms with Crippen LogP contribution in [-0.2, 0) is 11.3 Å². The Hall–Kier alpha value is -2.46. The highest BCUT2D eigenvalue weighted by Gasteiger charge is 2.17. The number of amides is 1. The zero-order chi connectivity index (χ0) is 17.5. The molecule has 6 nitrogen and oxygen atoms in total. The Balaban J connectivity index is 1.99. The minimum atomic E-state index is -0.266. The number of nitrogens with zero attached hydrogens (tertiary/aromatic N) is 3. The van der Waals surface area contributed by atoms with Crippen LogP contribution in [0.1, 0.15) is 19.0 Å². The van der Waals surface area contributed by atoms with Crippen molar-refractivity contribution in [3.05, 3.63) is 36.0 Å². The van der Waals surface area contributed by atoms with Crippen LogP contribution in [0.4, 0.5) is 5.82 Å². The van der Waals surface area contributed by atoms with Crippen LogP contribution >= 0.6 is 11.8 Å². The summed E-state index contributed by atoms with van der Waals surface area (Å²) < 4.78 is 6.78. The van der Waals surface area contributed by atoms with Gasteiger partial charge in [-0.05, 0) is 38.1 Å². The summed E-state index contributed by atoms with van der Waals surface area (Å²) in [5.41, 5.74) is 0.804. The number of aromatic nitrogens is 2. The number of anilines is 1. The average molecular weight is 344 g/mol. The molecule has 0 saturated heterocycles. The smallest absolute Gasteiger partial charge is 0.238 e. The van der Waals surface area contributed by atoms with E-state index in [1.165, 1.54) is 11.8 Å². The minimum Gasteiger partial charge on any atom is -0.497 e. The van der Waals surface area contributed by atoms with Gasteiger partial charge in [0, 0.05) is 11.0 Å². The SMILES string of the molecule is COc1ccc(S[C@H](C)C(=O)Nc2cc(C)nn2CCC#N)cc1. The molecule has 1 heterocycles. The fraction of sp³-hybridized carbons (Fsp3) is 0.353. The van der Waals surface area contributed by atoms with Crippen molar-refractivity contribution in [2.45, 2.75) is 37.0 Å². The Morgan fingerprint density at radius 2 is 2.17 bits per heavy atom. The van der Waals surface area contributed by atoms with Crippen LogP contribution in [-0.4, -0.2) is 28.0 Å². The maximum absolute atomic E-state index is 12.4. The highest BCUT2D eigenvalue weighted by atomic mass is 32.2. The number of carbonyl (C=O) groups excluding carboxylic acids is 1. The topological polar surface area (TPSA) is 79.9 Å². The van der Waals surface area contributed by atoms with Crippen molar-refractivity contribution in [1.29, 1.82) is 5.26 Å². The summed E-state index contributed by atoms with van der Waals surface area (Å²) in [6.45, 7) is 4.17. The first kappa shape index (κ1) is 17.9. The summed E-state index contributed by atoms with van der Waals surface area (Å²) in [6.07, 6.45) is 0.347. The third kappa shape index (κ3) is 4.77. The van der Waals surface area contributed by atoms with E-state index in [0.29, 0.717) is 18.8 Å². The molecule has 2 aromatic rings. The summed E-state index contributed by atoms with van der Waals surface area (Å²) in [5, 5.41) is 15.6. The van der Waals surface area contributed by atoms with Crippen LogP contribution in [0.3, 0.4) is 0 Å². The number of hydrogen-bond donors (Lipinski definition) is 1. The first-order valence-electron chi connectivity index (χ1n) is 7.56. The molecule has 1 aromatic carbocycles. The van der Waals surface area contributed by atoms with Crippen LogP contribution in [0.15, 0.2) is 35.2 Å². The third-order valence-electron chi connectivity index (χ3n) is 3.33. The van der Waals surface area contributed by atoms with Gasteiger partial charge < -0.3 is 10.1 Å². The van der Waals surface area contributed by atoms with Gasteiger partial charge in [-0.15, -0.1) is 11.8 Å². The van der Waals surface area contributed by atoms with Crippen molar-refractivity contribution < 1.29 is 9.53 Å². The number of thioether (sulfide) groups is 1. The zero-order valence-corrected chi connectivity index (χ0v) is 14.8. The normalized spacial score (nSPS) is 11.6. The number of rotatable bonds is 7. The molecule has 0 bridgehead atoms. The fourth-order valence-corrected chi connectivity index (χ4v) is 2.98. The minimum absolute atomic E-state index is 0.103. The Kier molecular flexibility index (Phi) is 6.27. The largest absolute Gasteiger partial charge is 0.497 e. The number of methoxy groups -OCH3 is 1. The summed E-state index contributed by atoms with van der Waals surface area (Å²) >= 11 is 1.47. The molecular formula is C17H20N4O2S. The fourth-order valence-electron chi connectivity index (χ4n) is 2.11. The second kappa shape index (κ2) is 8.41. The number of carbonyl (C=O) groups is 1. The van der Waals surface area contributed by atoms with Gasteiger partial charge in [-0.3, -0.25) is 4.79 Å². The molecule has 1 amide bonds. The van der Waals surface area contributed by atoms with E-state index in [1.807, 2.05) is 38.1 Å². The number of nitrogens with one attached hydrogen (secondary N) is 1. The molecule has 126 valence electrons. The van der Waals surface area contributed by atoms with Gasteiger partial charge in [-0.2, -0.15) is 10.4 Å². The molecule has 7 heteroatoms. The Morgan fingerprint density at radius 1 is 1.46 bits per heavy atom. The van der Waals surface area contributed by atoms with Gasteiger partial charge in [0.15, 0.2) is 0 Å². The van der Waals surface area contributed by atoms with E-state index in [1.54, 1.807) is 17.9 Å². The Labute approximate surface area is 145 Å². The summed E-state index contributed by atoms with van der Waals surface area (Å²) in [5.74, 6) is 1.30. The monoisotopic (exact) mass is 344 g/mol. The van der Waals surface area contributed by atoms with Crippen molar-refractivity contribution in [3.63, 3.8) is 0 Å². The molecular weight excluding hydrogens is 324 g/mol. The van der Waals surface area contributed by atoms with Gasteiger partial charge in [-0.1, -0.05) is 0 Å². The van der Waals surface area contributed by atoms with Gasteiger partial charge in [0.2, 0.25) is 5.91 Å². The van der Waals surface area contributed by atoms with Crippen molar-refractivity contribution in [3.8, 4) is 11.8 Å². The molecule has 0 aliphatic heterocycles. The number of nitriles is 1. The van der Waals surface area contributed by atoms with Gasteiger partial charge in [0.1, 0.15) is 11.6 Å². The van der Waals surface area contributed by atoms with Gasteiger partial charge >= 0.3 is 0 Å². The molecule has 0 radical (unpaired) electrons. The van der Waals surface area contributed by atoms with E-state index in [9.17, 15) is 4.79 Å². The lowest BCUT2D eigenvalue weighted by Gasteiger charge is -2.13. The third-order valence-corrected chi connectivity index (χ3v) is 4.44. The zero-order valence-electron chi connectivity index (χ0n) is 13.9. The molecule has 24 heavy (non-hydrogen) atoms. The van der Waals surface area contributed by atoms with Crippen LogP contribution in [0.5, 0.6) is 5.75 Å². The van der Waals surface area contributed by atoms with Crippen molar-refractivity contribution in [2.75, 3.05) is 12.4 Å². The van der Waals surface area contributed by atoms with Gasteiger partial charge in [0.25, 0.3) is 0 Å². The summed E-state index contributed by atoms with van der Waals surface area (Å²) in [4.78, 5) is 13.4. The van der Waals surface area contributed by atoms with E-state index in [-0.39, 0.29) is 11.2 Å². The molecule has 0 spiro atoms. The van der Waals surface area contributed by atoms with E-state index >= 15 is 0 Å². The molecule has 0 aliphatic carbocycles. The molecule has 1 aromatic heterocycles. The lowest BCUT2D eigenvalue weighted by molar-refractivity contribution is -0.115. The maximum Gasteiger partial charge on any atom is 0.238 e. The molecule has 0 saturated carbocycles. The quantitative estimate of drug-likeness (QED) is 0.780. The lowest BCUT2D eigenvalue weighted by atomic mass is 10.3. The highest BCUT2D eigenvalue weighted by Crippen LogP contribution is 2.26. The molecule has 1 atom stereocenters. The van der Waals surface area contributed by atoms with Crippen LogP contribution < -0.4 is 10.1 Å². The van der Waals surface area contributed by atoms with Crippen LogP contribution in [0, 0.1) is 18.3 Å². The average Bonchev–Trinajstić information content (AvgIpc) is 2.92. The lowest BCUT2D eigenvalue weighted by Crippen LogP contribution is -2.24. The van der Waals surface area contributed by atoms with Gasteiger partial charge in [-0.25, -0.2) is 4.68 Å². The van der Waals surface area contributed by atoms with E-state index in [0.717, 1.165) is 16.3 Å². The standard InChI is InChI=1S/C17H20N4O2S/c1-12-11-16(21(20-12)10-4-9-18)19-17(22)13(2)24-15-7-5-14(23-3)6-8-15/h5-8,11,13H,4,10H2,1-3H3,(H,19,22)/t13-/m1/s1. The second-order valence-corrected chi connectivity index (χ2v) is 6.64. The maximum atomic E-state index is 12.4. The first-order chi connectivity index (χ1) is 11.5. The van der Waals surface area contributed by atoms with Crippen LogP contribution in [0.2, 0.25) is 0 Å². The van der Waals surface area contributed by atoms with Crippen molar-refractivity contribution in [2.24, 2.45) is 0 Å². The predicted molar refractivity (Wildman–Crippen MR) is 94.1 cm³/mol. The first-order valence-corrected chi connectivity index (χ1v) is 8.44. The molecule has 0 fully saturated rings. The van der Waals surface area contributed by atoms with E-state index in [4.69, 9.17) is 10.00 Å². The van der Waals surface area contributed by atoms with Gasteiger partial charge in [0.05, 0.1) is 37.1 Å². The van der Waals surface area contributed by atoms with Crippen molar-refractivity contribution in [1.82, 2.24) is 9.78 Å². The van der Waals surface area contributed by atoms with E-state index < -0.39 is 0 Å². The molecule has 0 aliphatic rings. The molecule has 0 unspecified atom stereocenters. The number of benzene rings is 1. The molecule has 2 rings (SSSR count). The highest BCUT2D eigenvalue weighted by molar-refractivity contribution is 8.00. The van der Waals surface area contributed by atoms with E-state index in [2.05, 4.69) is 16.5 Å². The number of ether oxygens (including phenoxy) is 1. The number of aryl methyl sites for hydroxylation is 2. The number of hydrogen-bond acceptors (Lipinski definition) is 5. The summed E-state index contributed by atoms with van der Waals surface area (Å²) in [7, 11) is 1.62. The Morgan fingerprint density at radius 3 is 2.79 bits per heavy atom. The van der Waals surface area contributed by atoms with Crippen molar-refractivity contribution >= 4 is 23.5 Å². The Bertz CT molecular complexity index is 734.